The van der Waals surface area contributed by atoms with Crippen LogP contribution in [-0.4, -0.2) is 24.1 Å². The molecule has 0 aliphatic rings. The van der Waals surface area contributed by atoms with Crippen LogP contribution in [0.1, 0.15) is 0 Å². The van der Waals surface area contributed by atoms with Crippen molar-refractivity contribution in [3.8, 4) is 0 Å². The highest BCUT2D eigenvalue weighted by Crippen LogP contribution is 2.18. The predicted molar refractivity (Wildman–Crippen MR) is 70.5 cm³/mol. The Hall–Kier alpha value is -2.30. The minimum Gasteiger partial charge on any atom is -0.368 e. The van der Waals surface area contributed by atoms with Crippen molar-refractivity contribution < 1.29 is 0 Å². The summed E-state index contributed by atoms with van der Waals surface area (Å²) < 4.78 is 0. The molecule has 0 aliphatic carbocycles. The van der Waals surface area contributed by atoms with Crippen LogP contribution in [-0.2, 0) is 0 Å². The number of aromatic nitrogens is 2. The molecule has 5 heteroatoms. The normalized spacial score (nSPS) is 10.0. The Morgan fingerprint density at radius 3 is 2.47 bits per heavy atom. The predicted octanol–water partition coefficient (Wildman–Crippen LogP) is 1.87. The first-order valence-corrected chi connectivity index (χ1v) is 5.29. The van der Waals surface area contributed by atoms with Gasteiger partial charge in [-0.2, -0.15) is 9.97 Å². The van der Waals surface area contributed by atoms with Crippen LogP contribution in [0.2, 0.25) is 0 Å². The van der Waals surface area contributed by atoms with Gasteiger partial charge in [0.2, 0.25) is 5.95 Å². The van der Waals surface area contributed by atoms with Crippen molar-refractivity contribution in [2.24, 2.45) is 0 Å². The zero-order valence-electron chi connectivity index (χ0n) is 9.88. The molecule has 17 heavy (non-hydrogen) atoms. The molecule has 2 aromatic rings. The number of para-hydroxylation sites is 1. The van der Waals surface area contributed by atoms with Crippen LogP contribution < -0.4 is 16.0 Å². The summed E-state index contributed by atoms with van der Waals surface area (Å²) in [5, 5.41) is 3.18. The first kappa shape index (κ1) is 11.2. The van der Waals surface area contributed by atoms with Gasteiger partial charge in [0.25, 0.3) is 0 Å². The lowest BCUT2D eigenvalue weighted by atomic mass is 10.3. The third-order valence-electron chi connectivity index (χ3n) is 2.23. The Morgan fingerprint density at radius 1 is 1.12 bits per heavy atom. The largest absolute Gasteiger partial charge is 0.368 e. The van der Waals surface area contributed by atoms with Gasteiger partial charge in [0.05, 0.1) is 0 Å². The first-order chi connectivity index (χ1) is 8.15. The van der Waals surface area contributed by atoms with Crippen molar-refractivity contribution in [2.45, 2.75) is 0 Å². The fraction of sp³-hybridized carbons (Fsp3) is 0.167. The molecule has 0 radical (unpaired) electrons. The van der Waals surface area contributed by atoms with Gasteiger partial charge >= 0.3 is 0 Å². The van der Waals surface area contributed by atoms with E-state index in [9.17, 15) is 0 Å². The second-order valence-electron chi connectivity index (χ2n) is 3.86. The molecule has 2 rings (SSSR count). The van der Waals surface area contributed by atoms with Gasteiger partial charge in [-0.3, -0.25) is 0 Å². The van der Waals surface area contributed by atoms with Crippen LogP contribution in [0.25, 0.3) is 0 Å². The fourth-order valence-electron chi connectivity index (χ4n) is 1.42. The van der Waals surface area contributed by atoms with E-state index in [0.717, 1.165) is 11.5 Å². The maximum Gasteiger partial charge on any atom is 0.223 e. The Bertz CT molecular complexity index is 496. The smallest absolute Gasteiger partial charge is 0.223 e. The van der Waals surface area contributed by atoms with Crippen LogP contribution in [0, 0.1) is 0 Å². The Kier molecular flexibility index (Phi) is 3.09. The van der Waals surface area contributed by atoms with Crippen molar-refractivity contribution in [3.05, 3.63) is 36.4 Å². The summed E-state index contributed by atoms with van der Waals surface area (Å²) in [7, 11) is 3.82. The lowest BCUT2D eigenvalue weighted by molar-refractivity contribution is 1.05. The first-order valence-electron chi connectivity index (χ1n) is 5.29. The summed E-state index contributed by atoms with van der Waals surface area (Å²) in [6.45, 7) is 0. The van der Waals surface area contributed by atoms with Crippen LogP contribution >= 0.6 is 0 Å². The summed E-state index contributed by atoms with van der Waals surface area (Å²) in [5.74, 6) is 1.72. The van der Waals surface area contributed by atoms with Crippen LogP contribution in [0.15, 0.2) is 36.4 Å². The molecule has 0 amide bonds. The lowest BCUT2D eigenvalue weighted by Gasteiger charge is -2.13. The number of nitrogen functional groups attached to an aromatic ring is 1. The standard InChI is InChI=1S/C12H15N5/c1-17(2)11-8-10(15-12(13)16-11)14-9-6-4-3-5-7-9/h3-8H,1-2H3,(H3,13,14,15,16). The van der Waals surface area contributed by atoms with E-state index in [1.54, 1.807) is 0 Å². The molecule has 0 bridgehead atoms. The average Bonchev–Trinajstić information content (AvgIpc) is 2.29. The molecule has 0 saturated carbocycles. The molecule has 0 fully saturated rings. The summed E-state index contributed by atoms with van der Waals surface area (Å²) in [5.41, 5.74) is 6.63. The number of benzene rings is 1. The van der Waals surface area contributed by atoms with Crippen LogP contribution in [0.3, 0.4) is 0 Å². The molecular formula is C12H15N5. The Labute approximate surface area is 100 Å². The number of nitrogens with zero attached hydrogens (tertiary/aromatic N) is 3. The summed E-state index contributed by atoms with van der Waals surface area (Å²) in [4.78, 5) is 10.2. The monoisotopic (exact) mass is 229 g/mol. The SMILES string of the molecule is CN(C)c1cc(Nc2ccccc2)nc(N)n1. The molecular weight excluding hydrogens is 214 g/mol. The van der Waals surface area contributed by atoms with Gasteiger partial charge in [0.1, 0.15) is 11.6 Å². The Morgan fingerprint density at radius 2 is 1.82 bits per heavy atom. The van der Waals surface area contributed by atoms with Gasteiger partial charge in [-0.05, 0) is 12.1 Å². The van der Waals surface area contributed by atoms with Crippen molar-refractivity contribution >= 4 is 23.3 Å². The van der Waals surface area contributed by atoms with Gasteiger partial charge in [-0.1, -0.05) is 18.2 Å². The molecule has 1 aromatic heterocycles. The molecule has 3 N–H and O–H groups in total. The van der Waals surface area contributed by atoms with Crippen LogP contribution in [0.5, 0.6) is 0 Å². The van der Waals surface area contributed by atoms with Gasteiger partial charge < -0.3 is 16.0 Å². The van der Waals surface area contributed by atoms with Gasteiger partial charge in [-0.15, -0.1) is 0 Å². The third-order valence-corrected chi connectivity index (χ3v) is 2.23. The quantitative estimate of drug-likeness (QED) is 0.841. The number of anilines is 4. The van der Waals surface area contributed by atoms with E-state index < -0.39 is 0 Å². The minimum absolute atomic E-state index is 0.259. The molecule has 1 aromatic carbocycles. The van der Waals surface area contributed by atoms with Crippen molar-refractivity contribution in [1.29, 1.82) is 0 Å². The van der Waals surface area contributed by atoms with Crippen molar-refractivity contribution in [1.82, 2.24) is 9.97 Å². The molecule has 0 saturated heterocycles. The fourth-order valence-corrected chi connectivity index (χ4v) is 1.42. The maximum absolute atomic E-state index is 5.66. The second-order valence-corrected chi connectivity index (χ2v) is 3.86. The van der Waals surface area contributed by atoms with E-state index in [4.69, 9.17) is 5.73 Å². The summed E-state index contributed by atoms with van der Waals surface area (Å²) >= 11 is 0. The number of hydrogen-bond acceptors (Lipinski definition) is 5. The van der Waals surface area contributed by atoms with E-state index in [1.165, 1.54) is 0 Å². The molecule has 88 valence electrons. The highest BCUT2D eigenvalue weighted by Gasteiger charge is 2.04. The average molecular weight is 229 g/mol. The zero-order chi connectivity index (χ0) is 12.3. The van der Waals surface area contributed by atoms with E-state index in [1.807, 2.05) is 55.4 Å². The highest BCUT2D eigenvalue weighted by atomic mass is 15.2. The van der Waals surface area contributed by atoms with Gasteiger partial charge in [-0.25, -0.2) is 0 Å². The van der Waals surface area contributed by atoms with Gasteiger partial charge in [0.15, 0.2) is 0 Å². The summed E-state index contributed by atoms with van der Waals surface area (Å²) in [6.07, 6.45) is 0. The summed E-state index contributed by atoms with van der Waals surface area (Å²) in [6, 6.07) is 11.7. The molecule has 0 unspecified atom stereocenters. The highest BCUT2D eigenvalue weighted by molar-refractivity contribution is 5.60. The second kappa shape index (κ2) is 4.69. The number of hydrogen-bond donors (Lipinski definition) is 2. The maximum atomic E-state index is 5.66. The van der Waals surface area contributed by atoms with Crippen molar-refractivity contribution in [2.75, 3.05) is 30.0 Å². The van der Waals surface area contributed by atoms with E-state index >= 15 is 0 Å². The topological polar surface area (TPSA) is 67.1 Å². The van der Waals surface area contributed by atoms with Gasteiger partial charge in [0, 0.05) is 25.8 Å². The Balaban J connectivity index is 2.27. The van der Waals surface area contributed by atoms with Crippen molar-refractivity contribution in [3.63, 3.8) is 0 Å². The number of nitrogens with one attached hydrogen (secondary N) is 1. The minimum atomic E-state index is 0.259. The lowest BCUT2D eigenvalue weighted by Crippen LogP contribution is -2.13. The molecule has 0 aliphatic heterocycles. The third kappa shape index (κ3) is 2.84. The van der Waals surface area contributed by atoms with Crippen LogP contribution in [0.4, 0.5) is 23.3 Å². The van der Waals surface area contributed by atoms with E-state index in [2.05, 4.69) is 15.3 Å². The molecule has 0 atom stereocenters. The molecule has 5 nitrogen and oxygen atoms in total. The molecule has 0 spiro atoms. The van der Waals surface area contributed by atoms with E-state index in [-0.39, 0.29) is 5.95 Å². The molecule has 1 heterocycles. The number of rotatable bonds is 3. The number of nitrogens with two attached hydrogens (primary N) is 1. The zero-order valence-corrected chi connectivity index (χ0v) is 9.88. The van der Waals surface area contributed by atoms with E-state index in [0.29, 0.717) is 5.82 Å².